The molecular formula is C14H30N2. The van der Waals surface area contributed by atoms with E-state index in [2.05, 4.69) is 32.7 Å². The van der Waals surface area contributed by atoms with Crippen LogP contribution in [0.5, 0.6) is 0 Å². The average Bonchev–Trinajstić information content (AvgIpc) is 2.65. The van der Waals surface area contributed by atoms with Gasteiger partial charge in [-0.1, -0.05) is 33.6 Å². The molecule has 1 atom stereocenters. The molecule has 0 aliphatic heterocycles. The van der Waals surface area contributed by atoms with Crippen LogP contribution in [0.15, 0.2) is 0 Å². The lowest BCUT2D eigenvalue weighted by molar-refractivity contribution is 0.162. The van der Waals surface area contributed by atoms with Crippen molar-refractivity contribution in [2.75, 3.05) is 20.1 Å². The fraction of sp³-hybridized carbons (Fsp3) is 1.00. The van der Waals surface area contributed by atoms with Crippen molar-refractivity contribution in [3.8, 4) is 0 Å². The van der Waals surface area contributed by atoms with Crippen LogP contribution < -0.4 is 5.73 Å². The van der Waals surface area contributed by atoms with Gasteiger partial charge in [0.2, 0.25) is 0 Å². The van der Waals surface area contributed by atoms with Crippen molar-refractivity contribution < 1.29 is 0 Å². The zero-order valence-corrected chi connectivity index (χ0v) is 11.6. The maximum atomic E-state index is 5.91. The molecule has 0 saturated heterocycles. The van der Waals surface area contributed by atoms with E-state index in [1.165, 1.54) is 38.6 Å². The summed E-state index contributed by atoms with van der Waals surface area (Å²) in [5.74, 6) is 0.930. The normalized spacial score (nSPS) is 20.6. The van der Waals surface area contributed by atoms with Gasteiger partial charge in [0.1, 0.15) is 0 Å². The Bertz CT molecular complexity index is 189. The maximum Gasteiger partial charge on any atom is 0.0220 e. The quantitative estimate of drug-likeness (QED) is 0.781. The highest BCUT2D eigenvalue weighted by Crippen LogP contribution is 2.27. The second-order valence-electron chi connectivity index (χ2n) is 6.74. The molecule has 1 saturated carbocycles. The van der Waals surface area contributed by atoms with Crippen molar-refractivity contribution in [2.45, 2.75) is 58.9 Å². The van der Waals surface area contributed by atoms with Crippen molar-refractivity contribution in [1.82, 2.24) is 4.90 Å². The predicted molar refractivity (Wildman–Crippen MR) is 71.5 cm³/mol. The number of nitrogens with two attached hydrogens (primary N) is 1. The fourth-order valence-electron chi connectivity index (χ4n) is 2.88. The summed E-state index contributed by atoms with van der Waals surface area (Å²) in [5, 5.41) is 0. The Labute approximate surface area is 102 Å². The molecule has 0 amide bonds. The van der Waals surface area contributed by atoms with Gasteiger partial charge in [0.25, 0.3) is 0 Å². The monoisotopic (exact) mass is 226 g/mol. The van der Waals surface area contributed by atoms with E-state index in [-0.39, 0.29) is 0 Å². The Balaban J connectivity index is 2.38. The number of rotatable bonds is 5. The molecule has 0 aromatic heterocycles. The molecule has 0 radical (unpaired) electrons. The third-order valence-corrected chi connectivity index (χ3v) is 3.76. The highest BCUT2D eigenvalue weighted by molar-refractivity contribution is 4.79. The van der Waals surface area contributed by atoms with Gasteiger partial charge in [-0.25, -0.2) is 0 Å². The standard InChI is InChI=1S/C14H30N2/c1-14(2,3)9-13(10-15)16(4)11-12-7-5-6-8-12/h12-13H,5-11,15H2,1-4H3. The molecule has 1 aliphatic carbocycles. The van der Waals surface area contributed by atoms with Crippen LogP contribution in [0.4, 0.5) is 0 Å². The van der Waals surface area contributed by atoms with Gasteiger partial charge >= 0.3 is 0 Å². The van der Waals surface area contributed by atoms with E-state index in [4.69, 9.17) is 5.73 Å². The van der Waals surface area contributed by atoms with Crippen molar-refractivity contribution in [3.05, 3.63) is 0 Å². The zero-order valence-electron chi connectivity index (χ0n) is 11.6. The van der Waals surface area contributed by atoms with Crippen LogP contribution in [0, 0.1) is 11.3 Å². The lowest BCUT2D eigenvalue weighted by atomic mass is 9.87. The number of likely N-dealkylation sites (N-methyl/N-ethyl adjacent to an activating group) is 1. The van der Waals surface area contributed by atoms with E-state index in [0.29, 0.717) is 11.5 Å². The highest BCUT2D eigenvalue weighted by atomic mass is 15.1. The summed E-state index contributed by atoms with van der Waals surface area (Å²) in [4.78, 5) is 2.50. The van der Waals surface area contributed by atoms with Crippen molar-refractivity contribution in [3.63, 3.8) is 0 Å². The third kappa shape index (κ3) is 4.84. The molecule has 16 heavy (non-hydrogen) atoms. The van der Waals surface area contributed by atoms with Gasteiger partial charge in [-0.15, -0.1) is 0 Å². The van der Waals surface area contributed by atoms with E-state index in [1.54, 1.807) is 0 Å². The molecule has 2 N–H and O–H groups in total. The van der Waals surface area contributed by atoms with Crippen molar-refractivity contribution in [1.29, 1.82) is 0 Å². The van der Waals surface area contributed by atoms with Gasteiger partial charge in [-0.05, 0) is 37.6 Å². The molecule has 1 rings (SSSR count). The lowest BCUT2D eigenvalue weighted by Crippen LogP contribution is -2.42. The Morgan fingerprint density at radius 2 is 1.81 bits per heavy atom. The second kappa shape index (κ2) is 6.02. The van der Waals surface area contributed by atoms with Gasteiger partial charge in [-0.3, -0.25) is 0 Å². The summed E-state index contributed by atoms with van der Waals surface area (Å²) >= 11 is 0. The Morgan fingerprint density at radius 1 is 1.25 bits per heavy atom. The van der Waals surface area contributed by atoms with E-state index < -0.39 is 0 Å². The van der Waals surface area contributed by atoms with E-state index in [1.807, 2.05) is 0 Å². The van der Waals surface area contributed by atoms with Crippen LogP contribution in [0.2, 0.25) is 0 Å². The third-order valence-electron chi connectivity index (χ3n) is 3.76. The smallest absolute Gasteiger partial charge is 0.0220 e. The first-order valence-corrected chi connectivity index (χ1v) is 6.82. The summed E-state index contributed by atoms with van der Waals surface area (Å²) in [6.07, 6.45) is 6.93. The van der Waals surface area contributed by atoms with Crippen LogP contribution in [0.3, 0.4) is 0 Å². The SMILES string of the molecule is CN(CC1CCCC1)C(CN)CC(C)(C)C. The first-order chi connectivity index (χ1) is 7.42. The topological polar surface area (TPSA) is 29.3 Å². The number of nitrogens with zero attached hydrogens (tertiary/aromatic N) is 1. The molecule has 0 bridgehead atoms. The summed E-state index contributed by atoms with van der Waals surface area (Å²) in [5.41, 5.74) is 6.30. The van der Waals surface area contributed by atoms with Crippen LogP contribution in [-0.2, 0) is 0 Å². The van der Waals surface area contributed by atoms with Crippen LogP contribution in [0.25, 0.3) is 0 Å². The molecule has 1 fully saturated rings. The van der Waals surface area contributed by atoms with Crippen LogP contribution in [-0.4, -0.2) is 31.1 Å². The zero-order chi connectivity index (χ0) is 12.2. The van der Waals surface area contributed by atoms with Crippen molar-refractivity contribution in [2.24, 2.45) is 17.1 Å². The lowest BCUT2D eigenvalue weighted by Gasteiger charge is -2.33. The van der Waals surface area contributed by atoms with Gasteiger partial charge in [-0.2, -0.15) is 0 Å². The van der Waals surface area contributed by atoms with E-state index in [0.717, 1.165) is 12.5 Å². The minimum Gasteiger partial charge on any atom is -0.329 e. The molecule has 1 unspecified atom stereocenters. The van der Waals surface area contributed by atoms with Gasteiger partial charge in [0.05, 0.1) is 0 Å². The molecule has 0 spiro atoms. The summed E-state index contributed by atoms with van der Waals surface area (Å²) in [7, 11) is 2.25. The average molecular weight is 226 g/mol. The Hall–Kier alpha value is -0.0800. The van der Waals surface area contributed by atoms with Crippen LogP contribution >= 0.6 is 0 Å². The molecule has 2 heteroatoms. The van der Waals surface area contributed by atoms with E-state index >= 15 is 0 Å². The molecule has 0 aromatic rings. The largest absolute Gasteiger partial charge is 0.329 e. The minimum absolute atomic E-state index is 0.383. The molecule has 96 valence electrons. The fourth-order valence-corrected chi connectivity index (χ4v) is 2.88. The second-order valence-corrected chi connectivity index (χ2v) is 6.74. The summed E-state index contributed by atoms with van der Waals surface area (Å²) in [6, 6.07) is 0.556. The van der Waals surface area contributed by atoms with Crippen molar-refractivity contribution >= 4 is 0 Å². The highest BCUT2D eigenvalue weighted by Gasteiger charge is 2.24. The molecule has 2 nitrogen and oxygen atoms in total. The number of hydrogen-bond donors (Lipinski definition) is 1. The summed E-state index contributed by atoms with van der Waals surface area (Å²) < 4.78 is 0. The predicted octanol–water partition coefficient (Wildman–Crippen LogP) is 2.87. The Morgan fingerprint density at radius 3 is 2.25 bits per heavy atom. The minimum atomic E-state index is 0.383. The van der Waals surface area contributed by atoms with Gasteiger partial charge in [0, 0.05) is 19.1 Å². The molecular weight excluding hydrogens is 196 g/mol. The molecule has 1 aliphatic rings. The molecule has 0 aromatic carbocycles. The number of hydrogen-bond acceptors (Lipinski definition) is 2. The molecule has 0 heterocycles. The first kappa shape index (κ1) is 14.0. The summed E-state index contributed by atoms with van der Waals surface area (Å²) in [6.45, 7) is 8.95. The van der Waals surface area contributed by atoms with Gasteiger partial charge < -0.3 is 10.6 Å². The van der Waals surface area contributed by atoms with Gasteiger partial charge in [0.15, 0.2) is 0 Å². The van der Waals surface area contributed by atoms with Crippen LogP contribution in [0.1, 0.15) is 52.9 Å². The Kier molecular flexibility index (Phi) is 5.26. The van der Waals surface area contributed by atoms with E-state index in [9.17, 15) is 0 Å². The first-order valence-electron chi connectivity index (χ1n) is 6.82. The maximum absolute atomic E-state index is 5.91.